The first-order chi connectivity index (χ1) is 9.13. The van der Waals surface area contributed by atoms with Crippen LogP contribution in [0.15, 0.2) is 30.5 Å². The van der Waals surface area contributed by atoms with Crippen molar-refractivity contribution in [3.8, 4) is 0 Å². The van der Waals surface area contributed by atoms with E-state index >= 15 is 0 Å². The van der Waals surface area contributed by atoms with Crippen molar-refractivity contribution >= 4 is 28.5 Å². The van der Waals surface area contributed by atoms with Crippen LogP contribution in [0.5, 0.6) is 0 Å². The minimum Gasteiger partial charge on any atom is -0.469 e. The van der Waals surface area contributed by atoms with Crippen LogP contribution < -0.4 is 0 Å². The van der Waals surface area contributed by atoms with Gasteiger partial charge in [0.15, 0.2) is 0 Å². The second-order valence-corrected chi connectivity index (χ2v) is 4.57. The van der Waals surface area contributed by atoms with Gasteiger partial charge in [-0.1, -0.05) is 17.7 Å². The highest BCUT2D eigenvalue weighted by Gasteiger charge is 2.15. The molecule has 0 bridgehead atoms. The minimum absolute atomic E-state index is 0.161. The number of hydrogen-bond donors (Lipinski definition) is 1. The summed E-state index contributed by atoms with van der Waals surface area (Å²) in [5, 5.41) is 11.5. The first kappa shape index (κ1) is 13.8. The summed E-state index contributed by atoms with van der Waals surface area (Å²) in [4.78, 5) is 15.3. The Hall–Kier alpha value is -1.65. The first-order valence-corrected chi connectivity index (χ1v) is 6.29. The van der Waals surface area contributed by atoms with E-state index in [1.165, 1.54) is 7.11 Å². The average Bonchev–Trinajstić information content (AvgIpc) is 2.45. The molecular formula is C14H14ClNO3. The molecule has 19 heavy (non-hydrogen) atoms. The third kappa shape index (κ3) is 3.03. The third-order valence-electron chi connectivity index (χ3n) is 2.96. The molecule has 0 fully saturated rings. The zero-order valence-electron chi connectivity index (χ0n) is 10.5. The van der Waals surface area contributed by atoms with E-state index in [4.69, 9.17) is 11.6 Å². The highest BCUT2D eigenvalue weighted by atomic mass is 35.5. The van der Waals surface area contributed by atoms with Gasteiger partial charge in [-0.25, -0.2) is 0 Å². The number of ether oxygens (including phenoxy) is 1. The molecule has 5 heteroatoms. The van der Waals surface area contributed by atoms with Gasteiger partial charge < -0.3 is 9.84 Å². The van der Waals surface area contributed by atoms with E-state index in [0.717, 1.165) is 5.39 Å². The van der Waals surface area contributed by atoms with Gasteiger partial charge >= 0.3 is 5.97 Å². The fourth-order valence-corrected chi connectivity index (χ4v) is 2.16. The number of esters is 1. The predicted molar refractivity (Wildman–Crippen MR) is 73.0 cm³/mol. The van der Waals surface area contributed by atoms with E-state index in [-0.39, 0.29) is 12.4 Å². The number of pyridine rings is 1. The molecule has 1 atom stereocenters. The van der Waals surface area contributed by atoms with Crippen molar-refractivity contribution in [2.24, 2.45) is 0 Å². The summed E-state index contributed by atoms with van der Waals surface area (Å²) in [6, 6.07) is 7.10. The van der Waals surface area contributed by atoms with Crippen molar-refractivity contribution in [1.82, 2.24) is 4.98 Å². The number of benzene rings is 1. The summed E-state index contributed by atoms with van der Waals surface area (Å²) in [7, 11) is 1.33. The van der Waals surface area contributed by atoms with Gasteiger partial charge in [-0.2, -0.15) is 0 Å². The molecule has 0 aliphatic carbocycles. The van der Waals surface area contributed by atoms with Crippen molar-refractivity contribution in [3.63, 3.8) is 0 Å². The first-order valence-electron chi connectivity index (χ1n) is 5.91. The monoisotopic (exact) mass is 279 g/mol. The van der Waals surface area contributed by atoms with E-state index in [1.54, 1.807) is 24.4 Å². The maximum atomic E-state index is 11.1. The lowest BCUT2D eigenvalue weighted by molar-refractivity contribution is -0.141. The van der Waals surface area contributed by atoms with Crippen LogP contribution in [0.1, 0.15) is 24.5 Å². The summed E-state index contributed by atoms with van der Waals surface area (Å²) in [6.45, 7) is 0. The number of rotatable bonds is 4. The van der Waals surface area contributed by atoms with Crippen LogP contribution in [-0.4, -0.2) is 23.2 Å². The Balaban J connectivity index is 2.29. The topological polar surface area (TPSA) is 59.4 Å². The molecule has 1 heterocycles. The van der Waals surface area contributed by atoms with Crippen molar-refractivity contribution in [2.45, 2.75) is 18.9 Å². The smallest absolute Gasteiger partial charge is 0.305 e. The van der Waals surface area contributed by atoms with E-state index < -0.39 is 6.10 Å². The summed E-state index contributed by atoms with van der Waals surface area (Å²) in [5.74, 6) is -0.342. The average molecular weight is 280 g/mol. The van der Waals surface area contributed by atoms with Crippen LogP contribution in [0.3, 0.4) is 0 Å². The Morgan fingerprint density at radius 2 is 2.26 bits per heavy atom. The number of methoxy groups -OCH3 is 1. The van der Waals surface area contributed by atoms with Crippen molar-refractivity contribution in [1.29, 1.82) is 0 Å². The number of aliphatic hydroxyl groups is 1. The summed E-state index contributed by atoms with van der Waals surface area (Å²) in [5.41, 5.74) is 1.33. The second-order valence-electron chi connectivity index (χ2n) is 4.17. The normalized spacial score (nSPS) is 12.4. The molecule has 2 rings (SSSR count). The van der Waals surface area contributed by atoms with Crippen LogP contribution >= 0.6 is 11.6 Å². The van der Waals surface area contributed by atoms with Crippen LogP contribution in [0.4, 0.5) is 0 Å². The molecule has 0 spiro atoms. The van der Waals surface area contributed by atoms with E-state index in [9.17, 15) is 9.90 Å². The Bertz CT molecular complexity index is 600. The van der Waals surface area contributed by atoms with Gasteiger partial charge in [0.1, 0.15) is 0 Å². The van der Waals surface area contributed by atoms with Crippen LogP contribution in [-0.2, 0) is 9.53 Å². The molecule has 0 saturated carbocycles. The van der Waals surface area contributed by atoms with Gasteiger partial charge in [0.2, 0.25) is 0 Å². The van der Waals surface area contributed by atoms with E-state index in [2.05, 4.69) is 9.72 Å². The minimum atomic E-state index is -0.770. The zero-order valence-corrected chi connectivity index (χ0v) is 11.2. The molecule has 2 aromatic rings. The lowest BCUT2D eigenvalue weighted by Crippen LogP contribution is -2.05. The lowest BCUT2D eigenvalue weighted by atomic mass is 10.0. The maximum Gasteiger partial charge on any atom is 0.305 e. The number of hydrogen-bond acceptors (Lipinski definition) is 4. The molecule has 0 aliphatic rings. The molecule has 0 amide bonds. The quantitative estimate of drug-likeness (QED) is 0.874. The molecule has 100 valence electrons. The van der Waals surface area contributed by atoms with Gasteiger partial charge in [-0.05, 0) is 24.6 Å². The van der Waals surface area contributed by atoms with E-state index in [1.807, 2.05) is 6.07 Å². The molecule has 1 aromatic heterocycles. The zero-order chi connectivity index (χ0) is 13.8. The Morgan fingerprint density at radius 3 is 3.00 bits per heavy atom. The maximum absolute atomic E-state index is 11.1. The highest BCUT2D eigenvalue weighted by Crippen LogP contribution is 2.30. The molecule has 0 aliphatic heterocycles. The molecule has 1 N–H and O–H groups in total. The molecular weight excluding hydrogens is 266 g/mol. The van der Waals surface area contributed by atoms with Crippen molar-refractivity contribution in [3.05, 3.63) is 41.0 Å². The van der Waals surface area contributed by atoms with Gasteiger partial charge in [-0.3, -0.25) is 9.78 Å². The molecule has 0 saturated heterocycles. The van der Waals surface area contributed by atoms with Gasteiger partial charge in [-0.15, -0.1) is 0 Å². The highest BCUT2D eigenvalue weighted by molar-refractivity contribution is 6.35. The number of aliphatic hydroxyl groups excluding tert-OH is 1. The Morgan fingerprint density at radius 1 is 1.47 bits per heavy atom. The van der Waals surface area contributed by atoms with Gasteiger partial charge in [0, 0.05) is 28.6 Å². The largest absolute Gasteiger partial charge is 0.469 e. The second kappa shape index (κ2) is 5.99. The third-order valence-corrected chi connectivity index (χ3v) is 3.29. The van der Waals surface area contributed by atoms with Gasteiger partial charge in [0.05, 0.1) is 18.7 Å². The van der Waals surface area contributed by atoms with E-state index in [0.29, 0.717) is 22.5 Å². The summed E-state index contributed by atoms with van der Waals surface area (Å²) >= 11 is 6.09. The van der Waals surface area contributed by atoms with Crippen molar-refractivity contribution < 1.29 is 14.6 Å². The standard InChI is InChI=1S/C14H14ClNO3/c1-19-13(18)7-6-12(17)10-4-5-11(15)9-3-2-8-16-14(9)10/h2-5,8,12,17H,6-7H2,1H3. The van der Waals surface area contributed by atoms with Crippen LogP contribution in [0.2, 0.25) is 5.02 Å². The SMILES string of the molecule is COC(=O)CCC(O)c1ccc(Cl)c2cccnc12. The molecule has 1 aromatic carbocycles. The number of carbonyl (C=O) groups is 1. The molecule has 1 unspecified atom stereocenters. The predicted octanol–water partition coefficient (Wildman–Crippen LogP) is 2.87. The molecule has 0 radical (unpaired) electrons. The number of nitrogens with zero attached hydrogens (tertiary/aromatic N) is 1. The Kier molecular flexibility index (Phi) is 4.35. The lowest BCUT2D eigenvalue weighted by Gasteiger charge is -2.13. The van der Waals surface area contributed by atoms with Crippen LogP contribution in [0, 0.1) is 0 Å². The number of halogens is 1. The van der Waals surface area contributed by atoms with Crippen molar-refractivity contribution in [2.75, 3.05) is 7.11 Å². The summed E-state index contributed by atoms with van der Waals surface area (Å²) in [6.07, 6.45) is 1.33. The number of carbonyl (C=O) groups excluding carboxylic acids is 1. The van der Waals surface area contributed by atoms with Crippen LogP contribution in [0.25, 0.3) is 10.9 Å². The van der Waals surface area contributed by atoms with Gasteiger partial charge in [0.25, 0.3) is 0 Å². The summed E-state index contributed by atoms with van der Waals surface area (Å²) < 4.78 is 4.56. The Labute approximate surface area is 116 Å². The molecule has 4 nitrogen and oxygen atoms in total. The number of fused-ring (bicyclic) bond motifs is 1. The fraction of sp³-hybridized carbons (Fsp3) is 0.286. The fourth-order valence-electron chi connectivity index (χ4n) is 1.94. The number of aromatic nitrogens is 1.